The molecule has 4 nitrogen and oxygen atoms in total. The van der Waals surface area contributed by atoms with Gasteiger partial charge >= 0.3 is 0 Å². The average Bonchev–Trinajstić information content (AvgIpc) is 2.85. The lowest BCUT2D eigenvalue weighted by molar-refractivity contribution is 0.846. The van der Waals surface area contributed by atoms with Crippen molar-refractivity contribution in [3.8, 4) is 0 Å². The fourth-order valence-electron chi connectivity index (χ4n) is 1.91. The van der Waals surface area contributed by atoms with Gasteiger partial charge in [-0.05, 0) is 32.9 Å². The molecule has 0 atom stereocenters. The first-order valence-corrected chi connectivity index (χ1v) is 7.46. The third kappa shape index (κ3) is 3.67. The third-order valence-corrected chi connectivity index (χ3v) is 3.80. The maximum atomic E-state index is 4.48. The average molecular weight is 276 g/mol. The van der Waals surface area contributed by atoms with Crippen LogP contribution >= 0.6 is 11.3 Å². The van der Waals surface area contributed by atoms with Crippen LogP contribution in [0.4, 0.5) is 11.5 Å². The quantitative estimate of drug-likeness (QED) is 0.879. The van der Waals surface area contributed by atoms with E-state index in [0.717, 1.165) is 41.8 Å². The number of hydrogen-bond acceptors (Lipinski definition) is 5. The molecule has 2 aromatic heterocycles. The van der Waals surface area contributed by atoms with E-state index in [1.807, 2.05) is 13.1 Å². The van der Waals surface area contributed by atoms with E-state index in [2.05, 4.69) is 51.5 Å². The normalized spacial score (nSPS) is 10.5. The highest BCUT2D eigenvalue weighted by molar-refractivity contribution is 7.09. The number of aryl methyl sites for hydroxylation is 1. The van der Waals surface area contributed by atoms with E-state index < -0.39 is 0 Å². The van der Waals surface area contributed by atoms with E-state index in [9.17, 15) is 0 Å². The minimum absolute atomic E-state index is 0.747. The molecule has 0 aliphatic rings. The fraction of sp³-hybridized carbons (Fsp3) is 0.429. The van der Waals surface area contributed by atoms with E-state index in [1.54, 1.807) is 11.3 Å². The van der Waals surface area contributed by atoms with Gasteiger partial charge in [0.15, 0.2) is 0 Å². The number of anilines is 2. The molecule has 0 saturated carbocycles. The number of thiazole rings is 1. The summed E-state index contributed by atoms with van der Waals surface area (Å²) in [6, 6.07) is 4.13. The smallest absolute Gasteiger partial charge is 0.128 e. The molecule has 2 rings (SSSR count). The monoisotopic (exact) mass is 276 g/mol. The van der Waals surface area contributed by atoms with Crippen LogP contribution in [0, 0.1) is 6.92 Å². The van der Waals surface area contributed by atoms with Crippen molar-refractivity contribution >= 4 is 22.8 Å². The molecule has 0 aromatic carbocycles. The van der Waals surface area contributed by atoms with E-state index in [1.165, 1.54) is 0 Å². The third-order valence-electron chi connectivity index (χ3n) is 2.98. The molecular weight excluding hydrogens is 256 g/mol. The predicted molar refractivity (Wildman–Crippen MR) is 82.0 cm³/mol. The van der Waals surface area contributed by atoms with Crippen LogP contribution in [-0.4, -0.2) is 23.1 Å². The van der Waals surface area contributed by atoms with Gasteiger partial charge in [-0.25, -0.2) is 9.97 Å². The van der Waals surface area contributed by atoms with Crippen LogP contribution in [0.25, 0.3) is 0 Å². The summed E-state index contributed by atoms with van der Waals surface area (Å²) in [5.74, 6) is 1.03. The molecule has 0 radical (unpaired) electrons. The van der Waals surface area contributed by atoms with Crippen molar-refractivity contribution in [2.45, 2.75) is 27.3 Å². The predicted octanol–water partition coefficient (Wildman–Crippen LogP) is 3.30. The molecule has 0 spiro atoms. The van der Waals surface area contributed by atoms with Crippen LogP contribution < -0.4 is 10.2 Å². The lowest BCUT2D eigenvalue weighted by Crippen LogP contribution is -2.22. The Morgan fingerprint density at radius 1 is 1.26 bits per heavy atom. The first-order chi connectivity index (χ1) is 9.22. The van der Waals surface area contributed by atoms with Gasteiger partial charge in [-0.2, -0.15) is 0 Å². The zero-order valence-electron chi connectivity index (χ0n) is 11.7. The van der Waals surface area contributed by atoms with Gasteiger partial charge in [-0.3, -0.25) is 0 Å². The number of hydrogen-bond donors (Lipinski definition) is 1. The number of nitrogens with one attached hydrogen (secondary N) is 1. The number of rotatable bonds is 6. The summed E-state index contributed by atoms with van der Waals surface area (Å²) in [5.41, 5.74) is 2.11. The highest BCUT2D eigenvalue weighted by Gasteiger charge is 2.03. The standard InChI is InChI=1S/C14H20N4S/c1-4-18(5-2)14-7-6-12(8-16-14)15-9-13-10-19-11(3)17-13/h6-8,10,15H,4-5,9H2,1-3H3. The lowest BCUT2D eigenvalue weighted by Gasteiger charge is -2.19. The van der Waals surface area contributed by atoms with Gasteiger partial charge < -0.3 is 10.2 Å². The number of aromatic nitrogens is 2. The summed E-state index contributed by atoms with van der Waals surface area (Å²) in [6.45, 7) is 9.01. The molecule has 2 heterocycles. The van der Waals surface area contributed by atoms with Crippen LogP contribution in [0.1, 0.15) is 24.5 Å². The Labute approximate surface area is 118 Å². The Kier molecular flexibility index (Phi) is 4.74. The van der Waals surface area contributed by atoms with Crippen LogP contribution in [0.3, 0.4) is 0 Å². The summed E-state index contributed by atoms with van der Waals surface area (Å²) >= 11 is 1.68. The second-order valence-electron chi connectivity index (χ2n) is 4.29. The molecule has 0 unspecified atom stereocenters. The van der Waals surface area contributed by atoms with E-state index in [0.29, 0.717) is 0 Å². The Morgan fingerprint density at radius 3 is 2.58 bits per heavy atom. The van der Waals surface area contributed by atoms with Crippen molar-refractivity contribution in [1.82, 2.24) is 9.97 Å². The van der Waals surface area contributed by atoms with Crippen LogP contribution in [-0.2, 0) is 6.54 Å². The number of nitrogens with zero attached hydrogens (tertiary/aromatic N) is 3. The molecule has 0 saturated heterocycles. The minimum atomic E-state index is 0.747. The van der Waals surface area contributed by atoms with Gasteiger partial charge in [0.05, 0.1) is 29.1 Å². The summed E-state index contributed by atoms with van der Waals surface area (Å²) < 4.78 is 0. The molecular formula is C14H20N4S. The molecule has 0 amide bonds. The topological polar surface area (TPSA) is 41.0 Å². The van der Waals surface area contributed by atoms with Crippen LogP contribution in [0.2, 0.25) is 0 Å². The van der Waals surface area contributed by atoms with Crippen molar-refractivity contribution in [3.63, 3.8) is 0 Å². The Hall–Kier alpha value is -1.62. The highest BCUT2D eigenvalue weighted by Crippen LogP contribution is 2.15. The molecule has 0 fully saturated rings. The minimum Gasteiger partial charge on any atom is -0.378 e. The Balaban J connectivity index is 1.95. The molecule has 1 N–H and O–H groups in total. The van der Waals surface area contributed by atoms with E-state index >= 15 is 0 Å². The zero-order valence-corrected chi connectivity index (χ0v) is 12.5. The second kappa shape index (κ2) is 6.52. The summed E-state index contributed by atoms with van der Waals surface area (Å²) in [7, 11) is 0. The van der Waals surface area contributed by atoms with Gasteiger partial charge in [-0.15, -0.1) is 11.3 Å². The van der Waals surface area contributed by atoms with Crippen molar-refractivity contribution in [3.05, 3.63) is 34.4 Å². The van der Waals surface area contributed by atoms with Gasteiger partial charge in [0.1, 0.15) is 5.82 Å². The van der Waals surface area contributed by atoms with E-state index in [4.69, 9.17) is 0 Å². The van der Waals surface area contributed by atoms with Crippen molar-refractivity contribution < 1.29 is 0 Å². The Bertz CT molecular complexity index is 502. The van der Waals surface area contributed by atoms with Crippen LogP contribution in [0.15, 0.2) is 23.7 Å². The molecule has 5 heteroatoms. The van der Waals surface area contributed by atoms with Crippen molar-refractivity contribution in [1.29, 1.82) is 0 Å². The molecule has 102 valence electrons. The van der Waals surface area contributed by atoms with Gasteiger partial charge in [0.2, 0.25) is 0 Å². The summed E-state index contributed by atoms with van der Waals surface area (Å²) in [4.78, 5) is 11.1. The largest absolute Gasteiger partial charge is 0.378 e. The Morgan fingerprint density at radius 2 is 2.05 bits per heavy atom. The van der Waals surface area contributed by atoms with E-state index in [-0.39, 0.29) is 0 Å². The van der Waals surface area contributed by atoms with Crippen LogP contribution in [0.5, 0.6) is 0 Å². The molecule has 19 heavy (non-hydrogen) atoms. The lowest BCUT2D eigenvalue weighted by atomic mass is 10.3. The van der Waals surface area contributed by atoms with Crippen molar-refractivity contribution in [2.75, 3.05) is 23.3 Å². The molecule has 0 aliphatic carbocycles. The summed E-state index contributed by atoms with van der Waals surface area (Å²) in [5, 5.41) is 6.53. The molecule has 2 aromatic rings. The fourth-order valence-corrected chi connectivity index (χ4v) is 2.52. The van der Waals surface area contributed by atoms with Gasteiger partial charge in [0.25, 0.3) is 0 Å². The first kappa shape index (κ1) is 13.8. The SMILES string of the molecule is CCN(CC)c1ccc(NCc2csc(C)n2)cn1. The van der Waals surface area contributed by atoms with Gasteiger partial charge in [-0.1, -0.05) is 0 Å². The highest BCUT2D eigenvalue weighted by atomic mass is 32.1. The zero-order chi connectivity index (χ0) is 13.7. The van der Waals surface area contributed by atoms with Gasteiger partial charge in [0, 0.05) is 18.5 Å². The summed E-state index contributed by atoms with van der Waals surface area (Å²) in [6.07, 6.45) is 1.88. The number of pyridine rings is 1. The molecule has 0 aliphatic heterocycles. The second-order valence-corrected chi connectivity index (χ2v) is 5.35. The first-order valence-electron chi connectivity index (χ1n) is 6.58. The maximum Gasteiger partial charge on any atom is 0.128 e. The molecule has 0 bridgehead atoms. The van der Waals surface area contributed by atoms with Crippen molar-refractivity contribution in [2.24, 2.45) is 0 Å². The maximum absolute atomic E-state index is 4.48.